The van der Waals surface area contributed by atoms with Crippen molar-refractivity contribution in [1.82, 2.24) is 9.88 Å². The van der Waals surface area contributed by atoms with E-state index in [1.165, 1.54) is 0 Å². The molecule has 1 aromatic heterocycles. The zero-order valence-corrected chi connectivity index (χ0v) is 14.2. The summed E-state index contributed by atoms with van der Waals surface area (Å²) in [5, 5.41) is 0. The lowest BCUT2D eigenvalue weighted by atomic mass is 10.1. The standard InChI is InChI=1S/C18H26N2O2/c1-6-20(18(3,4)5)12-15-13-22-17(19-15)14-8-10-16(11-9-14)21-7-2/h8-11,13H,6-7,12H2,1-5H3. The summed E-state index contributed by atoms with van der Waals surface area (Å²) in [7, 11) is 0. The molecule has 2 aromatic rings. The fourth-order valence-electron chi connectivity index (χ4n) is 2.39. The van der Waals surface area contributed by atoms with E-state index in [1.807, 2.05) is 31.2 Å². The lowest BCUT2D eigenvalue weighted by Crippen LogP contribution is -2.40. The Balaban J connectivity index is 2.10. The van der Waals surface area contributed by atoms with Crippen molar-refractivity contribution in [2.75, 3.05) is 13.2 Å². The van der Waals surface area contributed by atoms with Gasteiger partial charge in [-0.1, -0.05) is 6.92 Å². The molecule has 1 aromatic carbocycles. The molecule has 0 spiro atoms. The molecule has 1 heterocycles. The Morgan fingerprint density at radius 2 is 1.82 bits per heavy atom. The molecule has 0 saturated carbocycles. The molecule has 0 unspecified atom stereocenters. The van der Waals surface area contributed by atoms with E-state index >= 15 is 0 Å². The van der Waals surface area contributed by atoms with Crippen LogP contribution in [-0.2, 0) is 6.54 Å². The molecule has 0 N–H and O–H groups in total. The van der Waals surface area contributed by atoms with E-state index in [2.05, 4.69) is 37.6 Å². The third kappa shape index (κ3) is 4.10. The lowest BCUT2D eigenvalue weighted by Gasteiger charge is -2.33. The maximum Gasteiger partial charge on any atom is 0.226 e. The van der Waals surface area contributed by atoms with Crippen molar-refractivity contribution in [3.8, 4) is 17.2 Å². The van der Waals surface area contributed by atoms with E-state index < -0.39 is 0 Å². The second kappa shape index (κ2) is 6.97. The van der Waals surface area contributed by atoms with Crippen molar-refractivity contribution < 1.29 is 9.15 Å². The number of oxazole rings is 1. The first-order valence-electron chi connectivity index (χ1n) is 7.86. The molecule has 4 heteroatoms. The number of hydrogen-bond donors (Lipinski definition) is 0. The van der Waals surface area contributed by atoms with Gasteiger partial charge in [0.05, 0.1) is 12.3 Å². The Morgan fingerprint density at radius 3 is 2.36 bits per heavy atom. The fraction of sp³-hybridized carbons (Fsp3) is 0.500. The van der Waals surface area contributed by atoms with Gasteiger partial charge in [0.1, 0.15) is 12.0 Å². The molecule has 0 fully saturated rings. The van der Waals surface area contributed by atoms with Crippen molar-refractivity contribution in [3.05, 3.63) is 36.2 Å². The van der Waals surface area contributed by atoms with Crippen LogP contribution in [0.2, 0.25) is 0 Å². The molecule has 0 atom stereocenters. The second-order valence-corrected chi connectivity index (χ2v) is 6.29. The molecule has 4 nitrogen and oxygen atoms in total. The van der Waals surface area contributed by atoms with E-state index in [-0.39, 0.29) is 5.54 Å². The quantitative estimate of drug-likeness (QED) is 0.794. The minimum absolute atomic E-state index is 0.118. The van der Waals surface area contributed by atoms with Gasteiger partial charge in [-0.05, 0) is 58.5 Å². The Bertz CT molecular complexity index is 582. The molecule has 0 aliphatic rings. The zero-order chi connectivity index (χ0) is 16.2. The van der Waals surface area contributed by atoms with Crippen molar-refractivity contribution >= 4 is 0 Å². The first kappa shape index (κ1) is 16.6. The molecule has 0 amide bonds. The minimum Gasteiger partial charge on any atom is -0.494 e. The van der Waals surface area contributed by atoms with Crippen LogP contribution in [0.15, 0.2) is 34.9 Å². The van der Waals surface area contributed by atoms with Gasteiger partial charge in [0.2, 0.25) is 5.89 Å². The van der Waals surface area contributed by atoms with Crippen LogP contribution in [0.5, 0.6) is 5.75 Å². The number of hydrogen-bond acceptors (Lipinski definition) is 4. The van der Waals surface area contributed by atoms with Gasteiger partial charge in [0.25, 0.3) is 0 Å². The molecule has 120 valence electrons. The van der Waals surface area contributed by atoms with E-state index in [1.54, 1.807) is 6.26 Å². The number of ether oxygens (including phenoxy) is 1. The molecule has 0 aliphatic heterocycles. The van der Waals surface area contributed by atoms with Crippen LogP contribution in [0.4, 0.5) is 0 Å². The summed E-state index contributed by atoms with van der Waals surface area (Å²) >= 11 is 0. The average molecular weight is 302 g/mol. The Kier molecular flexibility index (Phi) is 5.24. The predicted molar refractivity (Wildman–Crippen MR) is 88.9 cm³/mol. The number of rotatable bonds is 6. The van der Waals surface area contributed by atoms with Crippen LogP contribution in [0.25, 0.3) is 11.5 Å². The number of benzene rings is 1. The third-order valence-electron chi connectivity index (χ3n) is 3.65. The molecule has 2 rings (SSSR count). The number of nitrogens with zero attached hydrogens (tertiary/aromatic N) is 2. The largest absolute Gasteiger partial charge is 0.494 e. The maximum atomic E-state index is 5.63. The maximum absolute atomic E-state index is 5.63. The van der Waals surface area contributed by atoms with E-state index in [0.717, 1.165) is 30.1 Å². The van der Waals surface area contributed by atoms with E-state index in [4.69, 9.17) is 9.15 Å². The normalized spacial score (nSPS) is 11.9. The molecule has 0 radical (unpaired) electrons. The Hall–Kier alpha value is -1.81. The summed E-state index contributed by atoms with van der Waals surface area (Å²) in [5.41, 5.74) is 2.04. The van der Waals surface area contributed by atoms with Gasteiger partial charge in [-0.25, -0.2) is 4.98 Å². The summed E-state index contributed by atoms with van der Waals surface area (Å²) in [6, 6.07) is 7.83. The van der Waals surface area contributed by atoms with Gasteiger partial charge in [-0.15, -0.1) is 0 Å². The summed E-state index contributed by atoms with van der Waals surface area (Å²) in [6.45, 7) is 13.2. The van der Waals surface area contributed by atoms with Crippen molar-refractivity contribution in [2.45, 2.75) is 46.7 Å². The summed E-state index contributed by atoms with van der Waals surface area (Å²) in [4.78, 5) is 6.98. The van der Waals surface area contributed by atoms with Crippen LogP contribution in [0.1, 0.15) is 40.3 Å². The summed E-state index contributed by atoms with van der Waals surface area (Å²) in [6.07, 6.45) is 1.75. The third-order valence-corrected chi connectivity index (χ3v) is 3.65. The van der Waals surface area contributed by atoms with Crippen molar-refractivity contribution in [1.29, 1.82) is 0 Å². The summed E-state index contributed by atoms with van der Waals surface area (Å²) in [5.74, 6) is 1.52. The van der Waals surface area contributed by atoms with Gasteiger partial charge < -0.3 is 9.15 Å². The molecule has 22 heavy (non-hydrogen) atoms. The predicted octanol–water partition coefficient (Wildman–Crippen LogP) is 4.36. The Morgan fingerprint density at radius 1 is 1.14 bits per heavy atom. The number of aromatic nitrogens is 1. The van der Waals surface area contributed by atoms with E-state index in [0.29, 0.717) is 12.5 Å². The van der Waals surface area contributed by atoms with Crippen molar-refractivity contribution in [2.24, 2.45) is 0 Å². The van der Waals surface area contributed by atoms with Crippen LogP contribution in [-0.4, -0.2) is 28.6 Å². The smallest absolute Gasteiger partial charge is 0.226 e. The molecule has 0 aliphatic carbocycles. The highest BCUT2D eigenvalue weighted by atomic mass is 16.5. The lowest BCUT2D eigenvalue weighted by molar-refractivity contribution is 0.134. The highest BCUT2D eigenvalue weighted by molar-refractivity contribution is 5.54. The first-order chi connectivity index (χ1) is 10.4. The van der Waals surface area contributed by atoms with Crippen LogP contribution in [0.3, 0.4) is 0 Å². The molecular formula is C18H26N2O2. The zero-order valence-electron chi connectivity index (χ0n) is 14.2. The minimum atomic E-state index is 0.118. The highest BCUT2D eigenvalue weighted by Crippen LogP contribution is 2.23. The van der Waals surface area contributed by atoms with Crippen molar-refractivity contribution in [3.63, 3.8) is 0 Å². The first-order valence-corrected chi connectivity index (χ1v) is 7.86. The highest BCUT2D eigenvalue weighted by Gasteiger charge is 2.21. The van der Waals surface area contributed by atoms with Gasteiger partial charge in [-0.2, -0.15) is 0 Å². The fourth-order valence-corrected chi connectivity index (χ4v) is 2.39. The van der Waals surface area contributed by atoms with Gasteiger partial charge in [0.15, 0.2) is 0 Å². The van der Waals surface area contributed by atoms with E-state index in [9.17, 15) is 0 Å². The average Bonchev–Trinajstić information content (AvgIpc) is 2.93. The molecule has 0 saturated heterocycles. The SMILES string of the molecule is CCOc1ccc(-c2nc(CN(CC)C(C)(C)C)co2)cc1. The molecular weight excluding hydrogens is 276 g/mol. The van der Waals surface area contributed by atoms with Crippen LogP contribution < -0.4 is 4.74 Å². The van der Waals surface area contributed by atoms with Gasteiger partial charge in [0, 0.05) is 17.6 Å². The second-order valence-electron chi connectivity index (χ2n) is 6.29. The van der Waals surface area contributed by atoms with Gasteiger partial charge >= 0.3 is 0 Å². The van der Waals surface area contributed by atoms with Crippen LogP contribution in [0, 0.1) is 0 Å². The summed E-state index contributed by atoms with van der Waals surface area (Å²) < 4.78 is 11.1. The Labute approximate surface area is 133 Å². The monoisotopic (exact) mass is 302 g/mol. The van der Waals surface area contributed by atoms with Crippen LogP contribution >= 0.6 is 0 Å². The topological polar surface area (TPSA) is 38.5 Å². The van der Waals surface area contributed by atoms with Gasteiger partial charge in [-0.3, -0.25) is 4.90 Å². The molecule has 0 bridgehead atoms.